The van der Waals surface area contributed by atoms with Crippen molar-refractivity contribution in [1.82, 2.24) is 10.3 Å². The lowest BCUT2D eigenvalue weighted by molar-refractivity contribution is -0.130. The lowest BCUT2D eigenvalue weighted by Crippen LogP contribution is -2.50. The number of benzene rings is 3. The van der Waals surface area contributed by atoms with E-state index in [1.54, 1.807) is 36.4 Å². The first-order valence-corrected chi connectivity index (χ1v) is 9.70. The van der Waals surface area contributed by atoms with E-state index in [2.05, 4.69) is 10.3 Å². The fourth-order valence-corrected chi connectivity index (χ4v) is 3.62. The maximum Gasteiger partial charge on any atom is 0.279 e. The number of carbonyl (C=O) groups is 1. The van der Waals surface area contributed by atoms with Crippen LogP contribution in [0.25, 0.3) is 10.8 Å². The summed E-state index contributed by atoms with van der Waals surface area (Å²) in [5.74, 6) is 0.327. The number of hydrazine groups is 1. The third kappa shape index (κ3) is 3.57. The van der Waals surface area contributed by atoms with E-state index in [0.717, 1.165) is 10.8 Å². The largest absolute Gasteiger partial charge is 0.485 e. The van der Waals surface area contributed by atoms with Crippen molar-refractivity contribution in [2.45, 2.75) is 11.0 Å². The van der Waals surface area contributed by atoms with E-state index in [-0.39, 0.29) is 11.5 Å². The van der Waals surface area contributed by atoms with E-state index in [4.69, 9.17) is 9.47 Å². The van der Waals surface area contributed by atoms with E-state index in [0.29, 0.717) is 11.5 Å². The highest BCUT2D eigenvalue weighted by Crippen LogP contribution is 2.30. The highest BCUT2D eigenvalue weighted by molar-refractivity contribution is 7.89. The van der Waals surface area contributed by atoms with Crippen LogP contribution in [0, 0.1) is 0 Å². The molecule has 1 aliphatic heterocycles. The third-order valence-corrected chi connectivity index (χ3v) is 5.39. The number of para-hydroxylation sites is 2. The molecule has 7 nitrogen and oxygen atoms in total. The van der Waals surface area contributed by atoms with Gasteiger partial charge in [0.15, 0.2) is 11.5 Å². The summed E-state index contributed by atoms with van der Waals surface area (Å²) in [5.41, 5.74) is 2.19. The lowest BCUT2D eigenvalue weighted by atomic mass is 10.1. The van der Waals surface area contributed by atoms with Crippen LogP contribution in [0.2, 0.25) is 0 Å². The van der Waals surface area contributed by atoms with Gasteiger partial charge in [0.1, 0.15) is 6.61 Å². The molecule has 0 bridgehead atoms. The first kappa shape index (κ1) is 17.3. The van der Waals surface area contributed by atoms with Crippen LogP contribution in [0.3, 0.4) is 0 Å². The van der Waals surface area contributed by atoms with Gasteiger partial charge in [-0.3, -0.25) is 10.2 Å². The normalized spacial score (nSPS) is 16.1. The molecule has 1 atom stereocenters. The second-order valence-corrected chi connectivity index (χ2v) is 7.65. The minimum Gasteiger partial charge on any atom is -0.485 e. The van der Waals surface area contributed by atoms with Gasteiger partial charge >= 0.3 is 0 Å². The summed E-state index contributed by atoms with van der Waals surface area (Å²) >= 11 is 0. The van der Waals surface area contributed by atoms with Crippen molar-refractivity contribution in [2.75, 3.05) is 6.61 Å². The van der Waals surface area contributed by atoms with E-state index in [1.165, 1.54) is 6.07 Å². The van der Waals surface area contributed by atoms with Gasteiger partial charge in [-0.25, -0.2) is 8.42 Å². The van der Waals surface area contributed by atoms with Crippen LogP contribution < -0.4 is 19.7 Å². The summed E-state index contributed by atoms with van der Waals surface area (Å²) in [6.07, 6.45) is -0.959. The molecule has 0 aromatic heterocycles. The van der Waals surface area contributed by atoms with Crippen LogP contribution in [0.5, 0.6) is 11.5 Å². The average molecular weight is 384 g/mol. The maximum absolute atomic E-state index is 12.5. The van der Waals surface area contributed by atoms with Gasteiger partial charge in [0.25, 0.3) is 15.9 Å². The summed E-state index contributed by atoms with van der Waals surface area (Å²) in [7, 11) is -3.92. The Morgan fingerprint density at radius 1 is 0.926 bits per heavy atom. The molecule has 0 saturated carbocycles. The van der Waals surface area contributed by atoms with E-state index in [9.17, 15) is 13.2 Å². The quantitative estimate of drug-likeness (QED) is 0.671. The molecule has 0 radical (unpaired) electrons. The van der Waals surface area contributed by atoms with Crippen molar-refractivity contribution >= 4 is 26.7 Å². The van der Waals surface area contributed by atoms with Crippen LogP contribution in [-0.4, -0.2) is 27.0 Å². The molecule has 3 aromatic carbocycles. The molecule has 1 aliphatic rings. The molecular weight excluding hydrogens is 368 g/mol. The Morgan fingerprint density at radius 2 is 1.63 bits per heavy atom. The number of amides is 1. The zero-order valence-corrected chi connectivity index (χ0v) is 14.9. The van der Waals surface area contributed by atoms with Crippen LogP contribution in [0.4, 0.5) is 0 Å². The Morgan fingerprint density at radius 3 is 2.44 bits per heavy atom. The first-order valence-electron chi connectivity index (χ1n) is 8.22. The van der Waals surface area contributed by atoms with Crippen molar-refractivity contribution in [3.8, 4) is 11.5 Å². The minimum absolute atomic E-state index is 0.0133. The van der Waals surface area contributed by atoms with Gasteiger partial charge in [0.05, 0.1) is 4.90 Å². The van der Waals surface area contributed by atoms with Crippen molar-refractivity contribution in [3.63, 3.8) is 0 Å². The fourth-order valence-electron chi connectivity index (χ4n) is 2.74. The van der Waals surface area contributed by atoms with Gasteiger partial charge in [-0.1, -0.05) is 42.5 Å². The SMILES string of the molecule is O=C(NNS(=O)(=O)c1ccc2ccccc2c1)[C@H]1COc2ccccc2O1. The summed E-state index contributed by atoms with van der Waals surface area (Å²) in [4.78, 5) is 14.4. The number of rotatable bonds is 4. The lowest BCUT2D eigenvalue weighted by Gasteiger charge is -2.25. The molecule has 138 valence electrons. The molecule has 27 heavy (non-hydrogen) atoms. The number of hydrogen-bond donors (Lipinski definition) is 2. The molecule has 2 N–H and O–H groups in total. The van der Waals surface area contributed by atoms with Crippen molar-refractivity contribution < 1.29 is 22.7 Å². The van der Waals surface area contributed by atoms with Gasteiger partial charge in [-0.05, 0) is 35.0 Å². The minimum atomic E-state index is -3.92. The molecule has 0 spiro atoms. The number of fused-ring (bicyclic) bond motifs is 2. The van der Waals surface area contributed by atoms with Crippen molar-refractivity contribution in [1.29, 1.82) is 0 Å². The Labute approximate surface area is 155 Å². The van der Waals surface area contributed by atoms with Gasteiger partial charge in [0.2, 0.25) is 6.10 Å². The predicted octanol–water partition coefficient (Wildman–Crippen LogP) is 1.99. The molecule has 1 amide bonds. The highest BCUT2D eigenvalue weighted by atomic mass is 32.2. The topological polar surface area (TPSA) is 93.7 Å². The first-order chi connectivity index (χ1) is 13.0. The Kier molecular flexibility index (Phi) is 4.43. The second kappa shape index (κ2) is 6.90. The van der Waals surface area contributed by atoms with Gasteiger partial charge in [-0.2, -0.15) is 0 Å². The third-order valence-electron chi connectivity index (χ3n) is 4.14. The standard InChI is InChI=1S/C19H16N2O5S/c22-19(18-12-25-16-7-3-4-8-17(16)26-18)20-21-27(23,24)15-10-9-13-5-1-2-6-14(13)11-15/h1-11,18,21H,12H2,(H,20,22)/t18-/m1/s1. The Balaban J connectivity index is 1.45. The van der Waals surface area contributed by atoms with Crippen LogP contribution >= 0.6 is 0 Å². The zero-order chi connectivity index (χ0) is 18.9. The monoisotopic (exact) mass is 384 g/mol. The molecule has 1 heterocycles. The zero-order valence-electron chi connectivity index (χ0n) is 14.1. The van der Waals surface area contributed by atoms with E-state index in [1.807, 2.05) is 24.3 Å². The van der Waals surface area contributed by atoms with Crippen molar-refractivity contribution in [3.05, 3.63) is 66.7 Å². The summed E-state index contributed by atoms with van der Waals surface area (Å²) in [6.45, 7) is -0.0133. The molecule has 0 unspecified atom stereocenters. The predicted molar refractivity (Wildman–Crippen MR) is 98.8 cm³/mol. The van der Waals surface area contributed by atoms with Gasteiger partial charge in [-0.15, -0.1) is 4.83 Å². The summed E-state index contributed by atoms with van der Waals surface area (Å²) in [6, 6.07) is 19.1. The van der Waals surface area contributed by atoms with E-state index >= 15 is 0 Å². The summed E-state index contributed by atoms with van der Waals surface area (Å²) < 4.78 is 35.9. The molecule has 4 rings (SSSR count). The van der Waals surface area contributed by atoms with Crippen LogP contribution in [-0.2, 0) is 14.8 Å². The van der Waals surface area contributed by atoms with Gasteiger partial charge in [0, 0.05) is 0 Å². The maximum atomic E-state index is 12.5. The number of hydrogen-bond acceptors (Lipinski definition) is 5. The second-order valence-electron chi connectivity index (χ2n) is 5.97. The fraction of sp³-hybridized carbons (Fsp3) is 0.105. The number of carbonyl (C=O) groups excluding carboxylic acids is 1. The molecule has 0 aliphatic carbocycles. The number of sulfonamides is 1. The Hall–Kier alpha value is -3.10. The van der Waals surface area contributed by atoms with Crippen LogP contribution in [0.15, 0.2) is 71.6 Å². The highest BCUT2D eigenvalue weighted by Gasteiger charge is 2.28. The van der Waals surface area contributed by atoms with Gasteiger partial charge < -0.3 is 9.47 Å². The smallest absolute Gasteiger partial charge is 0.279 e. The van der Waals surface area contributed by atoms with Crippen LogP contribution in [0.1, 0.15) is 0 Å². The number of ether oxygens (including phenoxy) is 2. The average Bonchev–Trinajstić information content (AvgIpc) is 2.71. The van der Waals surface area contributed by atoms with Crippen molar-refractivity contribution in [2.24, 2.45) is 0 Å². The molecule has 8 heteroatoms. The number of nitrogens with one attached hydrogen (secondary N) is 2. The molecule has 0 fully saturated rings. The molecular formula is C19H16N2O5S. The summed E-state index contributed by atoms with van der Waals surface area (Å²) in [5, 5.41) is 1.71. The van der Waals surface area contributed by atoms with E-state index < -0.39 is 22.0 Å². The molecule has 3 aromatic rings. The Bertz CT molecular complexity index is 1110. The molecule has 0 saturated heterocycles.